The third-order valence-electron chi connectivity index (χ3n) is 5.76. The maximum atomic E-state index is 13.7. The molecular formula is C23H27N3O4. The van der Waals surface area contributed by atoms with Gasteiger partial charge in [0.25, 0.3) is 11.6 Å². The van der Waals surface area contributed by atoms with E-state index in [9.17, 15) is 4.79 Å². The number of hydrogen-bond donors (Lipinski definition) is 0. The van der Waals surface area contributed by atoms with Crippen LogP contribution in [0.1, 0.15) is 66.0 Å². The number of likely N-dealkylation sites (tertiary alicyclic amines) is 1. The van der Waals surface area contributed by atoms with Gasteiger partial charge in [-0.2, -0.15) is 0 Å². The first-order chi connectivity index (χ1) is 14.4. The first kappa shape index (κ1) is 20.2. The van der Waals surface area contributed by atoms with Crippen molar-refractivity contribution in [2.45, 2.75) is 45.6 Å². The molecule has 3 heterocycles. The summed E-state index contributed by atoms with van der Waals surface area (Å²) >= 11 is 0. The van der Waals surface area contributed by atoms with Crippen LogP contribution >= 0.6 is 0 Å². The van der Waals surface area contributed by atoms with Crippen LogP contribution in [0.5, 0.6) is 11.5 Å². The van der Waals surface area contributed by atoms with Crippen molar-refractivity contribution < 1.29 is 18.8 Å². The summed E-state index contributed by atoms with van der Waals surface area (Å²) in [5, 5.41) is 4.74. The average Bonchev–Trinajstić information content (AvgIpc) is 3.39. The van der Waals surface area contributed by atoms with E-state index in [2.05, 4.69) is 10.1 Å². The Kier molecular flexibility index (Phi) is 5.37. The number of carbonyl (C=O) groups excluding carboxylic acids is 1. The molecule has 0 spiro atoms. The van der Waals surface area contributed by atoms with Crippen LogP contribution in [0, 0.1) is 6.92 Å². The van der Waals surface area contributed by atoms with E-state index >= 15 is 0 Å². The minimum absolute atomic E-state index is 0.0205. The molecule has 2 aromatic heterocycles. The number of pyridine rings is 1. The van der Waals surface area contributed by atoms with E-state index in [1.54, 1.807) is 14.2 Å². The highest BCUT2D eigenvalue weighted by atomic mass is 16.5. The van der Waals surface area contributed by atoms with Gasteiger partial charge in [0.1, 0.15) is 0 Å². The Balaban J connectivity index is 1.75. The van der Waals surface area contributed by atoms with Gasteiger partial charge in [-0.05, 0) is 49.4 Å². The van der Waals surface area contributed by atoms with E-state index in [4.69, 9.17) is 14.0 Å². The number of ether oxygens (including phenoxy) is 2. The van der Waals surface area contributed by atoms with E-state index in [0.29, 0.717) is 40.4 Å². The summed E-state index contributed by atoms with van der Waals surface area (Å²) in [6.07, 6.45) is 1.84. The molecule has 1 unspecified atom stereocenters. The fourth-order valence-corrected chi connectivity index (χ4v) is 4.15. The van der Waals surface area contributed by atoms with Gasteiger partial charge < -0.3 is 18.9 Å². The van der Waals surface area contributed by atoms with Crippen molar-refractivity contribution in [2.75, 3.05) is 20.8 Å². The van der Waals surface area contributed by atoms with Gasteiger partial charge in [0.15, 0.2) is 11.5 Å². The molecule has 0 radical (unpaired) electrons. The molecule has 0 N–H and O–H groups in total. The second kappa shape index (κ2) is 7.97. The highest BCUT2D eigenvalue weighted by Crippen LogP contribution is 2.38. The van der Waals surface area contributed by atoms with Crippen LogP contribution in [-0.2, 0) is 0 Å². The molecule has 0 bridgehead atoms. The first-order valence-electron chi connectivity index (χ1n) is 10.2. The zero-order valence-corrected chi connectivity index (χ0v) is 18.1. The molecule has 0 aliphatic carbocycles. The Bertz CT molecular complexity index is 1090. The highest BCUT2D eigenvalue weighted by Gasteiger charge is 2.33. The van der Waals surface area contributed by atoms with Gasteiger partial charge in [-0.15, -0.1) is 0 Å². The zero-order valence-electron chi connectivity index (χ0n) is 18.1. The van der Waals surface area contributed by atoms with Gasteiger partial charge in [-0.25, -0.2) is 4.98 Å². The second-order valence-corrected chi connectivity index (χ2v) is 7.97. The summed E-state index contributed by atoms with van der Waals surface area (Å²) in [6, 6.07) is 7.72. The van der Waals surface area contributed by atoms with Crippen LogP contribution in [-0.4, -0.2) is 41.7 Å². The molecule has 1 aliphatic heterocycles. The summed E-state index contributed by atoms with van der Waals surface area (Å²) < 4.78 is 16.2. The molecule has 1 amide bonds. The smallest absolute Gasteiger partial charge is 0.259 e. The molecule has 30 heavy (non-hydrogen) atoms. The molecule has 7 nitrogen and oxygen atoms in total. The van der Waals surface area contributed by atoms with Gasteiger partial charge in [0.2, 0.25) is 0 Å². The van der Waals surface area contributed by atoms with Crippen LogP contribution < -0.4 is 9.47 Å². The Morgan fingerprint density at radius 2 is 1.97 bits per heavy atom. The van der Waals surface area contributed by atoms with Crippen molar-refractivity contribution >= 4 is 17.0 Å². The Labute approximate surface area is 176 Å². The number of amides is 1. The van der Waals surface area contributed by atoms with E-state index in [0.717, 1.165) is 24.1 Å². The number of methoxy groups -OCH3 is 2. The Morgan fingerprint density at radius 3 is 2.67 bits per heavy atom. The third kappa shape index (κ3) is 3.38. The monoisotopic (exact) mass is 409 g/mol. The molecule has 4 rings (SSSR count). The molecule has 1 aromatic carbocycles. The van der Waals surface area contributed by atoms with Crippen molar-refractivity contribution in [1.29, 1.82) is 0 Å². The van der Waals surface area contributed by atoms with Gasteiger partial charge in [-0.3, -0.25) is 4.79 Å². The van der Waals surface area contributed by atoms with Crippen LogP contribution in [0.25, 0.3) is 11.1 Å². The van der Waals surface area contributed by atoms with E-state index in [1.807, 2.05) is 49.9 Å². The Hall–Kier alpha value is -3.09. The topological polar surface area (TPSA) is 77.7 Å². The normalized spacial score (nSPS) is 16.5. The number of nitrogens with zero attached hydrogens (tertiary/aromatic N) is 3. The molecular weight excluding hydrogens is 382 g/mol. The van der Waals surface area contributed by atoms with E-state index in [1.165, 1.54) is 0 Å². The van der Waals surface area contributed by atoms with E-state index < -0.39 is 0 Å². The van der Waals surface area contributed by atoms with Crippen LogP contribution in [0.2, 0.25) is 0 Å². The number of aryl methyl sites for hydroxylation is 1. The number of hydrogen-bond acceptors (Lipinski definition) is 6. The van der Waals surface area contributed by atoms with Crippen molar-refractivity contribution in [3.8, 4) is 11.5 Å². The SMILES string of the molecule is COc1ccc(C2CCCN2C(=O)c2cc(C(C)C)nc3onc(C)c23)cc1OC. The van der Waals surface area contributed by atoms with Gasteiger partial charge in [-0.1, -0.05) is 25.1 Å². The van der Waals surface area contributed by atoms with E-state index in [-0.39, 0.29) is 17.9 Å². The van der Waals surface area contributed by atoms with Crippen molar-refractivity contribution in [1.82, 2.24) is 15.0 Å². The van der Waals surface area contributed by atoms with Crippen LogP contribution in [0.4, 0.5) is 0 Å². The minimum Gasteiger partial charge on any atom is -0.493 e. The fourth-order valence-electron chi connectivity index (χ4n) is 4.15. The quantitative estimate of drug-likeness (QED) is 0.610. The van der Waals surface area contributed by atoms with Crippen molar-refractivity contribution in [3.05, 3.63) is 46.8 Å². The highest BCUT2D eigenvalue weighted by molar-refractivity contribution is 6.06. The summed E-state index contributed by atoms with van der Waals surface area (Å²) in [4.78, 5) is 20.2. The summed E-state index contributed by atoms with van der Waals surface area (Å²) in [6.45, 7) is 6.64. The summed E-state index contributed by atoms with van der Waals surface area (Å²) in [5.74, 6) is 1.49. The minimum atomic E-state index is -0.0248. The predicted molar refractivity (Wildman–Crippen MR) is 113 cm³/mol. The van der Waals surface area contributed by atoms with Crippen molar-refractivity contribution in [2.24, 2.45) is 0 Å². The first-order valence-corrected chi connectivity index (χ1v) is 10.2. The lowest BCUT2D eigenvalue weighted by atomic mass is 10.0. The lowest BCUT2D eigenvalue weighted by Crippen LogP contribution is -2.31. The largest absolute Gasteiger partial charge is 0.493 e. The lowest BCUT2D eigenvalue weighted by Gasteiger charge is -2.26. The standard InChI is InChI=1S/C23H27N3O4/c1-13(2)17-12-16(21-14(3)25-30-22(21)24-17)23(27)26-10-6-7-18(26)15-8-9-19(28-4)20(11-15)29-5/h8-9,11-13,18H,6-7,10H2,1-5H3. The number of rotatable bonds is 5. The lowest BCUT2D eigenvalue weighted by molar-refractivity contribution is 0.0737. The molecule has 1 saturated heterocycles. The average molecular weight is 409 g/mol. The zero-order chi connectivity index (χ0) is 21.4. The number of aromatic nitrogens is 2. The molecule has 1 aliphatic rings. The van der Waals surface area contributed by atoms with Gasteiger partial charge >= 0.3 is 0 Å². The van der Waals surface area contributed by atoms with Crippen LogP contribution in [0.15, 0.2) is 28.8 Å². The third-order valence-corrected chi connectivity index (χ3v) is 5.76. The number of fused-ring (bicyclic) bond motifs is 1. The van der Waals surface area contributed by atoms with Crippen molar-refractivity contribution in [3.63, 3.8) is 0 Å². The summed E-state index contributed by atoms with van der Waals surface area (Å²) in [5.41, 5.74) is 3.57. The maximum absolute atomic E-state index is 13.7. The maximum Gasteiger partial charge on any atom is 0.259 e. The Morgan fingerprint density at radius 1 is 1.20 bits per heavy atom. The predicted octanol–water partition coefficient (Wildman–Crippen LogP) is 4.65. The molecule has 158 valence electrons. The van der Waals surface area contributed by atoms with Gasteiger partial charge in [0, 0.05) is 12.2 Å². The number of benzene rings is 1. The molecule has 0 saturated carbocycles. The second-order valence-electron chi connectivity index (χ2n) is 7.97. The molecule has 1 fully saturated rings. The van der Waals surface area contributed by atoms with Crippen LogP contribution in [0.3, 0.4) is 0 Å². The summed E-state index contributed by atoms with van der Waals surface area (Å²) in [7, 11) is 3.24. The molecule has 3 aromatic rings. The molecule has 7 heteroatoms. The molecule has 1 atom stereocenters. The number of carbonyl (C=O) groups is 1. The fraction of sp³-hybridized carbons (Fsp3) is 0.435. The van der Waals surface area contributed by atoms with Gasteiger partial charge in [0.05, 0.1) is 36.9 Å².